The largest absolute Gasteiger partial charge is 0.497 e. The number of benzene rings is 2. The molecule has 2 aromatic rings. The molecule has 168 valence electrons. The fraction of sp³-hybridized carbons (Fsp3) is 0.480. The van der Waals surface area contributed by atoms with Crippen LogP contribution in [0.4, 0.5) is 4.79 Å². The maximum Gasteiger partial charge on any atom is 0.410 e. The molecule has 6 heteroatoms. The van der Waals surface area contributed by atoms with Crippen LogP contribution in [0.5, 0.6) is 5.75 Å². The summed E-state index contributed by atoms with van der Waals surface area (Å²) >= 11 is 0. The SMILES string of the molecule is COc1ccc(CC(C)(C)NC[C@H](O)[C@H]2CCCN2C(=O)OCc2ccccc2)cc1. The van der Waals surface area contributed by atoms with Gasteiger partial charge in [-0.3, -0.25) is 0 Å². The average molecular weight is 427 g/mol. The first kappa shape index (κ1) is 23.1. The second-order valence-electron chi connectivity index (χ2n) is 8.80. The summed E-state index contributed by atoms with van der Waals surface area (Å²) in [5.41, 5.74) is 1.95. The summed E-state index contributed by atoms with van der Waals surface area (Å²) < 4.78 is 10.7. The van der Waals surface area contributed by atoms with Crippen LogP contribution >= 0.6 is 0 Å². The molecule has 1 fully saturated rings. The molecule has 0 aromatic heterocycles. The van der Waals surface area contributed by atoms with E-state index in [2.05, 4.69) is 31.3 Å². The minimum atomic E-state index is -0.651. The van der Waals surface area contributed by atoms with Gasteiger partial charge in [0.15, 0.2) is 0 Å². The number of hydrogen-bond acceptors (Lipinski definition) is 5. The molecule has 0 bridgehead atoms. The van der Waals surface area contributed by atoms with Gasteiger partial charge in [0.2, 0.25) is 0 Å². The third-order valence-corrected chi connectivity index (χ3v) is 5.78. The first-order valence-corrected chi connectivity index (χ1v) is 10.9. The predicted molar refractivity (Wildman–Crippen MR) is 121 cm³/mol. The number of hydrogen-bond donors (Lipinski definition) is 2. The van der Waals surface area contributed by atoms with Gasteiger partial charge in [0, 0.05) is 18.6 Å². The van der Waals surface area contributed by atoms with Crippen LogP contribution in [0.2, 0.25) is 0 Å². The fourth-order valence-corrected chi connectivity index (χ4v) is 4.05. The highest BCUT2D eigenvalue weighted by Crippen LogP contribution is 2.23. The van der Waals surface area contributed by atoms with Crippen LogP contribution in [0.15, 0.2) is 54.6 Å². The number of methoxy groups -OCH3 is 1. The van der Waals surface area contributed by atoms with E-state index in [0.717, 1.165) is 30.6 Å². The lowest BCUT2D eigenvalue weighted by atomic mass is 9.94. The number of ether oxygens (including phenoxy) is 2. The van der Waals surface area contributed by atoms with Gasteiger partial charge in [0.1, 0.15) is 12.4 Å². The van der Waals surface area contributed by atoms with Crippen molar-refractivity contribution in [2.45, 2.75) is 57.4 Å². The number of aliphatic hydroxyl groups excluding tert-OH is 1. The first-order valence-electron chi connectivity index (χ1n) is 10.9. The zero-order valence-corrected chi connectivity index (χ0v) is 18.7. The van der Waals surface area contributed by atoms with Crippen molar-refractivity contribution in [3.8, 4) is 5.75 Å². The van der Waals surface area contributed by atoms with Gasteiger partial charge in [-0.2, -0.15) is 0 Å². The number of likely N-dealkylation sites (tertiary alicyclic amines) is 1. The number of rotatable bonds is 9. The Bertz CT molecular complexity index is 823. The topological polar surface area (TPSA) is 71.0 Å². The number of amides is 1. The van der Waals surface area contributed by atoms with E-state index in [1.807, 2.05) is 42.5 Å². The minimum Gasteiger partial charge on any atom is -0.497 e. The summed E-state index contributed by atoms with van der Waals surface area (Å²) in [6, 6.07) is 17.4. The Labute approximate surface area is 185 Å². The van der Waals surface area contributed by atoms with Crippen molar-refractivity contribution in [3.63, 3.8) is 0 Å². The van der Waals surface area contributed by atoms with Crippen molar-refractivity contribution < 1.29 is 19.4 Å². The van der Waals surface area contributed by atoms with E-state index in [0.29, 0.717) is 13.1 Å². The number of carbonyl (C=O) groups excluding carboxylic acids is 1. The molecule has 3 rings (SSSR count). The Balaban J connectivity index is 1.49. The molecule has 1 heterocycles. The van der Waals surface area contributed by atoms with Gasteiger partial charge in [-0.1, -0.05) is 42.5 Å². The standard InChI is InChI=1S/C25H34N2O4/c1-25(2,16-19-11-13-21(30-3)14-12-19)26-17-23(28)22-10-7-15-27(22)24(29)31-18-20-8-5-4-6-9-20/h4-6,8-9,11-14,22-23,26,28H,7,10,15-18H2,1-3H3/t22-,23+/m1/s1. The first-order chi connectivity index (χ1) is 14.9. The molecule has 2 atom stereocenters. The lowest BCUT2D eigenvalue weighted by Gasteiger charge is -2.32. The van der Waals surface area contributed by atoms with Gasteiger partial charge in [-0.15, -0.1) is 0 Å². The van der Waals surface area contributed by atoms with Crippen molar-refractivity contribution in [2.24, 2.45) is 0 Å². The zero-order valence-electron chi connectivity index (χ0n) is 18.7. The second-order valence-corrected chi connectivity index (χ2v) is 8.80. The van der Waals surface area contributed by atoms with E-state index in [9.17, 15) is 9.90 Å². The van der Waals surface area contributed by atoms with Crippen LogP contribution < -0.4 is 10.1 Å². The lowest BCUT2D eigenvalue weighted by molar-refractivity contribution is 0.0454. The molecular formula is C25H34N2O4. The van der Waals surface area contributed by atoms with Crippen LogP contribution in [0.3, 0.4) is 0 Å². The Kier molecular flexibility index (Phi) is 7.93. The normalized spacial score (nSPS) is 17.4. The average Bonchev–Trinajstić information content (AvgIpc) is 3.27. The van der Waals surface area contributed by atoms with Gasteiger partial charge in [0.05, 0.1) is 19.3 Å². The monoisotopic (exact) mass is 426 g/mol. The van der Waals surface area contributed by atoms with Gasteiger partial charge in [0.25, 0.3) is 0 Å². The maximum absolute atomic E-state index is 12.6. The highest BCUT2D eigenvalue weighted by molar-refractivity contribution is 5.68. The smallest absolute Gasteiger partial charge is 0.410 e. The third kappa shape index (κ3) is 6.71. The van der Waals surface area contributed by atoms with Gasteiger partial charge >= 0.3 is 6.09 Å². The van der Waals surface area contributed by atoms with Crippen molar-refractivity contribution in [1.29, 1.82) is 0 Å². The third-order valence-electron chi connectivity index (χ3n) is 5.78. The van der Waals surface area contributed by atoms with Crippen molar-refractivity contribution >= 4 is 6.09 Å². The highest BCUT2D eigenvalue weighted by atomic mass is 16.6. The molecular weight excluding hydrogens is 392 g/mol. The Morgan fingerprint density at radius 1 is 1.16 bits per heavy atom. The molecule has 1 amide bonds. The van der Waals surface area contributed by atoms with E-state index in [4.69, 9.17) is 9.47 Å². The summed E-state index contributed by atoms with van der Waals surface area (Å²) in [6.45, 7) is 5.50. The van der Waals surface area contributed by atoms with E-state index in [1.165, 1.54) is 5.56 Å². The van der Waals surface area contributed by atoms with Crippen LogP contribution in [-0.2, 0) is 17.8 Å². The van der Waals surface area contributed by atoms with E-state index < -0.39 is 6.10 Å². The molecule has 6 nitrogen and oxygen atoms in total. The number of aliphatic hydroxyl groups is 1. The van der Waals surface area contributed by atoms with Gasteiger partial charge < -0.3 is 24.8 Å². The van der Waals surface area contributed by atoms with Crippen LogP contribution in [0.1, 0.15) is 37.8 Å². The molecule has 2 N–H and O–H groups in total. The Morgan fingerprint density at radius 2 is 1.87 bits per heavy atom. The van der Waals surface area contributed by atoms with Gasteiger partial charge in [-0.05, 0) is 56.4 Å². The molecule has 0 saturated carbocycles. The van der Waals surface area contributed by atoms with E-state index in [-0.39, 0.29) is 24.3 Å². The van der Waals surface area contributed by atoms with Crippen LogP contribution in [0, 0.1) is 0 Å². The van der Waals surface area contributed by atoms with Crippen molar-refractivity contribution in [1.82, 2.24) is 10.2 Å². The lowest BCUT2D eigenvalue weighted by Crippen LogP contribution is -2.51. The molecule has 2 aromatic carbocycles. The summed E-state index contributed by atoms with van der Waals surface area (Å²) in [7, 11) is 1.66. The number of nitrogens with one attached hydrogen (secondary N) is 1. The molecule has 31 heavy (non-hydrogen) atoms. The quantitative estimate of drug-likeness (QED) is 0.639. The van der Waals surface area contributed by atoms with Crippen LogP contribution in [-0.4, -0.2) is 54.0 Å². The number of nitrogens with zero attached hydrogens (tertiary/aromatic N) is 1. The molecule has 1 aliphatic rings. The Hall–Kier alpha value is -2.57. The summed E-state index contributed by atoms with van der Waals surface area (Å²) in [5, 5.41) is 14.3. The minimum absolute atomic E-state index is 0.202. The molecule has 1 saturated heterocycles. The fourth-order valence-electron chi connectivity index (χ4n) is 4.05. The molecule has 0 aliphatic carbocycles. The van der Waals surface area contributed by atoms with Crippen LogP contribution in [0.25, 0.3) is 0 Å². The maximum atomic E-state index is 12.6. The molecule has 0 radical (unpaired) electrons. The predicted octanol–water partition coefficient (Wildman–Crippen LogP) is 3.77. The summed E-state index contributed by atoms with van der Waals surface area (Å²) in [4.78, 5) is 14.3. The number of β-amino-alcohol motifs (C(OH)–C–C–N with tert-alkyl or cyclic N) is 1. The van der Waals surface area contributed by atoms with Crippen molar-refractivity contribution in [2.75, 3.05) is 20.2 Å². The van der Waals surface area contributed by atoms with E-state index >= 15 is 0 Å². The second kappa shape index (κ2) is 10.6. The highest BCUT2D eigenvalue weighted by Gasteiger charge is 2.35. The molecule has 0 spiro atoms. The molecule has 1 aliphatic heterocycles. The van der Waals surface area contributed by atoms with Crippen molar-refractivity contribution in [3.05, 3.63) is 65.7 Å². The summed E-state index contributed by atoms with van der Waals surface area (Å²) in [6.07, 6.45) is 1.46. The molecule has 0 unspecified atom stereocenters. The number of carbonyl (C=O) groups is 1. The Morgan fingerprint density at radius 3 is 2.55 bits per heavy atom. The summed E-state index contributed by atoms with van der Waals surface area (Å²) in [5.74, 6) is 0.838. The zero-order chi connectivity index (χ0) is 22.3. The van der Waals surface area contributed by atoms with Gasteiger partial charge in [-0.25, -0.2) is 4.79 Å². The van der Waals surface area contributed by atoms with E-state index in [1.54, 1.807) is 12.0 Å².